The van der Waals surface area contributed by atoms with Gasteiger partial charge < -0.3 is 15.5 Å². The van der Waals surface area contributed by atoms with Crippen molar-refractivity contribution in [3.63, 3.8) is 0 Å². The second-order valence-corrected chi connectivity index (χ2v) is 9.40. The Morgan fingerprint density at radius 2 is 2.13 bits per heavy atom. The van der Waals surface area contributed by atoms with E-state index in [-0.39, 0.29) is 23.5 Å². The maximum atomic E-state index is 12.6. The number of pyridine rings is 1. The highest BCUT2D eigenvalue weighted by atomic mass is 32.1. The molecule has 160 valence electrons. The van der Waals surface area contributed by atoms with E-state index in [0.29, 0.717) is 11.7 Å². The van der Waals surface area contributed by atoms with Crippen LogP contribution in [0.5, 0.6) is 0 Å². The maximum Gasteiger partial charge on any atom is 0.318 e. The van der Waals surface area contributed by atoms with Gasteiger partial charge in [-0.15, -0.1) is 11.3 Å². The Balaban J connectivity index is 1.35. The zero-order chi connectivity index (χ0) is 21.3. The van der Waals surface area contributed by atoms with E-state index in [0.717, 1.165) is 48.6 Å². The minimum Gasteiger partial charge on any atom is -0.331 e. The fourth-order valence-corrected chi connectivity index (χ4v) is 5.27. The molecule has 4 heterocycles. The van der Waals surface area contributed by atoms with Crippen molar-refractivity contribution in [2.24, 2.45) is 0 Å². The van der Waals surface area contributed by atoms with Gasteiger partial charge in [-0.3, -0.25) is 14.7 Å². The van der Waals surface area contributed by atoms with Crippen LogP contribution < -0.4 is 10.6 Å². The third-order valence-corrected chi connectivity index (χ3v) is 7.09. The second kappa shape index (κ2) is 8.31. The molecule has 2 N–H and O–H groups in total. The van der Waals surface area contributed by atoms with Crippen LogP contribution in [0.15, 0.2) is 24.5 Å². The molecule has 0 saturated carbocycles. The van der Waals surface area contributed by atoms with Gasteiger partial charge in [-0.25, -0.2) is 9.78 Å². The number of nitrogens with zero attached hydrogens (tertiary/aromatic N) is 4. The summed E-state index contributed by atoms with van der Waals surface area (Å²) in [5.74, 6) is -0.105. The number of aryl methyl sites for hydroxylation is 1. The molecular formula is C21H28N6O2S. The smallest absolute Gasteiger partial charge is 0.318 e. The Kier molecular flexibility index (Phi) is 5.75. The molecule has 1 atom stereocenters. The molecule has 2 saturated heterocycles. The first-order valence-electron chi connectivity index (χ1n) is 10.3. The van der Waals surface area contributed by atoms with Crippen molar-refractivity contribution in [1.82, 2.24) is 25.1 Å². The summed E-state index contributed by atoms with van der Waals surface area (Å²) in [6, 6.07) is 4.26. The summed E-state index contributed by atoms with van der Waals surface area (Å²) in [5, 5.41) is 6.66. The zero-order valence-electron chi connectivity index (χ0n) is 17.6. The van der Waals surface area contributed by atoms with Crippen molar-refractivity contribution < 1.29 is 9.59 Å². The predicted molar refractivity (Wildman–Crippen MR) is 116 cm³/mol. The van der Waals surface area contributed by atoms with Gasteiger partial charge in [0.15, 0.2) is 5.13 Å². The molecule has 8 nitrogen and oxygen atoms in total. The largest absolute Gasteiger partial charge is 0.331 e. The number of hydrogen-bond acceptors (Lipinski definition) is 6. The van der Waals surface area contributed by atoms with Gasteiger partial charge in [-0.05, 0) is 44.4 Å². The SMILES string of the molecule is CC(=O)Nc1ncc([C@H](C)N2CCC3(CC2)CN(Cc2ccnc(C)c2)C(=O)N3)s1. The van der Waals surface area contributed by atoms with Crippen molar-refractivity contribution in [2.75, 3.05) is 25.0 Å². The normalized spacial score (nSPS) is 19.7. The standard InChI is InChI=1S/C21H28N6O2S/c1-14-10-17(4-7-22-14)12-27-13-21(25-20(27)29)5-8-26(9-6-21)15(2)18-11-23-19(30-18)24-16(3)28/h4,7,10-11,15H,5-6,8-9,12-13H2,1-3H3,(H,25,29)(H,23,24,28)/t15-/m0/s1. The van der Waals surface area contributed by atoms with E-state index in [9.17, 15) is 9.59 Å². The third kappa shape index (κ3) is 4.46. The van der Waals surface area contributed by atoms with E-state index in [1.54, 1.807) is 6.20 Å². The second-order valence-electron chi connectivity index (χ2n) is 8.33. The van der Waals surface area contributed by atoms with Crippen LogP contribution in [0, 0.1) is 6.92 Å². The average Bonchev–Trinajstić information content (AvgIpc) is 3.26. The minimum absolute atomic E-state index is 0.0216. The van der Waals surface area contributed by atoms with Gasteiger partial charge in [-0.2, -0.15) is 0 Å². The fraction of sp³-hybridized carbons (Fsp3) is 0.524. The first kappa shape index (κ1) is 20.7. The molecule has 2 aromatic heterocycles. The first-order valence-corrected chi connectivity index (χ1v) is 11.1. The number of aromatic nitrogens is 2. The highest BCUT2D eigenvalue weighted by Gasteiger charge is 2.44. The Morgan fingerprint density at radius 1 is 1.37 bits per heavy atom. The number of hydrogen-bond donors (Lipinski definition) is 2. The Morgan fingerprint density at radius 3 is 2.83 bits per heavy atom. The molecule has 3 amide bonds. The van der Waals surface area contributed by atoms with Crippen molar-refractivity contribution in [3.05, 3.63) is 40.7 Å². The third-order valence-electron chi connectivity index (χ3n) is 6.01. The van der Waals surface area contributed by atoms with Crippen molar-refractivity contribution in [3.8, 4) is 0 Å². The molecule has 2 aliphatic heterocycles. The number of anilines is 1. The molecule has 0 radical (unpaired) electrons. The highest BCUT2D eigenvalue weighted by molar-refractivity contribution is 7.15. The van der Waals surface area contributed by atoms with Gasteiger partial charge in [0.25, 0.3) is 0 Å². The van der Waals surface area contributed by atoms with Crippen LogP contribution in [0.2, 0.25) is 0 Å². The van der Waals surface area contributed by atoms with E-state index in [1.807, 2.05) is 30.2 Å². The molecule has 2 aromatic rings. The first-order chi connectivity index (χ1) is 14.3. The summed E-state index contributed by atoms with van der Waals surface area (Å²) in [6.45, 7) is 8.81. The van der Waals surface area contributed by atoms with E-state index in [1.165, 1.54) is 18.3 Å². The highest BCUT2D eigenvalue weighted by Crippen LogP contribution is 2.35. The lowest BCUT2D eigenvalue weighted by Crippen LogP contribution is -2.52. The number of likely N-dealkylation sites (tertiary alicyclic amines) is 1. The molecule has 0 bridgehead atoms. The molecule has 0 aromatic carbocycles. The van der Waals surface area contributed by atoms with Gasteiger partial charge in [0.2, 0.25) is 5.91 Å². The molecule has 2 fully saturated rings. The monoisotopic (exact) mass is 428 g/mol. The number of urea groups is 1. The number of rotatable bonds is 5. The lowest BCUT2D eigenvalue weighted by atomic mass is 9.87. The summed E-state index contributed by atoms with van der Waals surface area (Å²) in [4.78, 5) is 37.8. The van der Waals surface area contributed by atoms with Crippen LogP contribution >= 0.6 is 11.3 Å². The van der Waals surface area contributed by atoms with Gasteiger partial charge in [0.05, 0.1) is 5.54 Å². The quantitative estimate of drug-likeness (QED) is 0.764. The van der Waals surface area contributed by atoms with Crippen LogP contribution in [0.3, 0.4) is 0 Å². The van der Waals surface area contributed by atoms with Crippen molar-refractivity contribution in [1.29, 1.82) is 0 Å². The van der Waals surface area contributed by atoms with E-state index in [2.05, 4.69) is 32.4 Å². The van der Waals surface area contributed by atoms with E-state index in [4.69, 9.17) is 0 Å². The Labute approximate surface area is 180 Å². The summed E-state index contributed by atoms with van der Waals surface area (Å²) >= 11 is 1.52. The summed E-state index contributed by atoms with van der Waals surface area (Å²) in [7, 11) is 0. The molecule has 0 aliphatic carbocycles. The van der Waals surface area contributed by atoms with E-state index >= 15 is 0 Å². The number of piperidine rings is 1. The number of thiazole rings is 1. The van der Waals surface area contributed by atoms with E-state index < -0.39 is 0 Å². The number of amides is 3. The van der Waals surface area contributed by atoms with Crippen LogP contribution in [0.1, 0.15) is 48.9 Å². The fourth-order valence-electron chi connectivity index (χ4n) is 4.32. The summed E-state index contributed by atoms with van der Waals surface area (Å²) in [6.07, 6.45) is 5.49. The number of nitrogens with one attached hydrogen (secondary N) is 2. The molecule has 2 aliphatic rings. The average molecular weight is 429 g/mol. The molecule has 1 spiro atoms. The predicted octanol–water partition coefficient (Wildman–Crippen LogP) is 2.93. The van der Waals surface area contributed by atoms with Gasteiger partial charge in [0, 0.05) is 62.1 Å². The van der Waals surface area contributed by atoms with Crippen LogP contribution in [-0.4, -0.2) is 56.9 Å². The number of carbonyl (C=O) groups is 2. The van der Waals surface area contributed by atoms with Crippen molar-refractivity contribution >= 4 is 28.4 Å². The van der Waals surface area contributed by atoms with Crippen LogP contribution in [-0.2, 0) is 11.3 Å². The lowest BCUT2D eigenvalue weighted by molar-refractivity contribution is -0.114. The maximum absolute atomic E-state index is 12.6. The molecular weight excluding hydrogens is 400 g/mol. The summed E-state index contributed by atoms with van der Waals surface area (Å²) < 4.78 is 0. The van der Waals surface area contributed by atoms with Crippen LogP contribution in [0.4, 0.5) is 9.93 Å². The molecule has 9 heteroatoms. The minimum atomic E-state index is -0.148. The number of carbonyl (C=O) groups excluding carboxylic acids is 2. The molecule has 4 rings (SSSR count). The Hall–Kier alpha value is -2.52. The summed E-state index contributed by atoms with van der Waals surface area (Å²) in [5.41, 5.74) is 1.93. The van der Waals surface area contributed by atoms with Gasteiger partial charge in [-0.1, -0.05) is 0 Å². The zero-order valence-corrected chi connectivity index (χ0v) is 18.5. The lowest BCUT2D eigenvalue weighted by Gasteiger charge is -2.41. The molecule has 30 heavy (non-hydrogen) atoms. The molecule has 0 unspecified atom stereocenters. The Bertz CT molecular complexity index is 937. The topological polar surface area (TPSA) is 90.5 Å². The van der Waals surface area contributed by atoms with Gasteiger partial charge in [0.1, 0.15) is 0 Å². The van der Waals surface area contributed by atoms with Gasteiger partial charge >= 0.3 is 6.03 Å². The van der Waals surface area contributed by atoms with Crippen LogP contribution in [0.25, 0.3) is 0 Å². The van der Waals surface area contributed by atoms with Crippen molar-refractivity contribution in [2.45, 2.75) is 51.7 Å².